The summed E-state index contributed by atoms with van der Waals surface area (Å²) in [5.41, 5.74) is 2.73. The first kappa shape index (κ1) is 17.6. The first-order valence-corrected chi connectivity index (χ1v) is 9.67. The van der Waals surface area contributed by atoms with Crippen LogP contribution in [0.25, 0.3) is 0 Å². The van der Waals surface area contributed by atoms with Gasteiger partial charge in [0.2, 0.25) is 0 Å². The SMILES string of the molecule is CCCCCCCN1C=CN(Cc2ccccc2)C1c1ccccc1. The zero-order valence-electron chi connectivity index (χ0n) is 15.3. The highest BCUT2D eigenvalue weighted by molar-refractivity contribution is 5.23. The maximum absolute atomic E-state index is 2.50. The molecule has 1 aliphatic rings. The Hall–Kier alpha value is -2.22. The van der Waals surface area contributed by atoms with E-state index in [4.69, 9.17) is 0 Å². The second kappa shape index (κ2) is 9.31. The molecule has 3 rings (SSSR count). The topological polar surface area (TPSA) is 6.48 Å². The van der Waals surface area contributed by atoms with Crippen molar-refractivity contribution in [2.45, 2.75) is 51.7 Å². The summed E-state index contributed by atoms with van der Waals surface area (Å²) in [6.45, 7) is 4.35. The van der Waals surface area contributed by atoms with E-state index in [1.165, 1.54) is 43.2 Å². The third-order valence-electron chi connectivity index (χ3n) is 4.90. The maximum Gasteiger partial charge on any atom is 0.127 e. The van der Waals surface area contributed by atoms with Crippen LogP contribution in [-0.4, -0.2) is 16.3 Å². The van der Waals surface area contributed by atoms with Crippen molar-refractivity contribution in [3.8, 4) is 0 Å². The summed E-state index contributed by atoms with van der Waals surface area (Å²) < 4.78 is 0. The third kappa shape index (κ3) is 4.88. The monoisotopic (exact) mass is 334 g/mol. The summed E-state index contributed by atoms with van der Waals surface area (Å²) in [5.74, 6) is 0. The van der Waals surface area contributed by atoms with Gasteiger partial charge >= 0.3 is 0 Å². The predicted molar refractivity (Wildman–Crippen MR) is 106 cm³/mol. The molecule has 1 unspecified atom stereocenters. The second-order valence-electron chi connectivity index (χ2n) is 6.89. The van der Waals surface area contributed by atoms with Crippen LogP contribution in [0.3, 0.4) is 0 Å². The van der Waals surface area contributed by atoms with Gasteiger partial charge in [0.25, 0.3) is 0 Å². The van der Waals surface area contributed by atoms with E-state index in [-0.39, 0.29) is 0 Å². The minimum absolute atomic E-state index is 0.313. The molecule has 1 aliphatic heterocycles. The quantitative estimate of drug-likeness (QED) is 0.523. The van der Waals surface area contributed by atoms with Crippen molar-refractivity contribution in [2.75, 3.05) is 6.54 Å². The van der Waals surface area contributed by atoms with Crippen LogP contribution >= 0.6 is 0 Å². The van der Waals surface area contributed by atoms with E-state index < -0.39 is 0 Å². The van der Waals surface area contributed by atoms with Crippen molar-refractivity contribution in [2.24, 2.45) is 0 Å². The molecule has 0 spiro atoms. The molecule has 0 aliphatic carbocycles. The van der Waals surface area contributed by atoms with Crippen LogP contribution in [-0.2, 0) is 6.54 Å². The molecule has 0 amide bonds. The second-order valence-corrected chi connectivity index (χ2v) is 6.89. The highest BCUT2D eigenvalue weighted by Crippen LogP contribution is 2.32. The number of rotatable bonds is 9. The Morgan fingerprint density at radius 1 is 0.720 bits per heavy atom. The molecule has 0 radical (unpaired) electrons. The van der Waals surface area contributed by atoms with Gasteiger partial charge in [-0.2, -0.15) is 0 Å². The average molecular weight is 335 g/mol. The molecule has 1 heterocycles. The molecule has 1 atom stereocenters. The molecule has 25 heavy (non-hydrogen) atoms. The van der Waals surface area contributed by atoms with Crippen LogP contribution in [0, 0.1) is 0 Å². The Labute approximate surface area is 152 Å². The minimum Gasteiger partial charge on any atom is -0.352 e. The van der Waals surface area contributed by atoms with Crippen molar-refractivity contribution in [3.05, 3.63) is 84.2 Å². The molecule has 0 saturated carbocycles. The summed E-state index contributed by atoms with van der Waals surface area (Å²) in [4.78, 5) is 4.96. The largest absolute Gasteiger partial charge is 0.352 e. The molecular formula is C23H30N2. The zero-order valence-corrected chi connectivity index (χ0v) is 15.3. The van der Waals surface area contributed by atoms with Gasteiger partial charge in [0.05, 0.1) is 0 Å². The average Bonchev–Trinajstić information content (AvgIpc) is 3.05. The Balaban J connectivity index is 1.67. The van der Waals surface area contributed by atoms with Crippen molar-refractivity contribution in [1.82, 2.24) is 9.80 Å². The number of nitrogens with zero attached hydrogens (tertiary/aromatic N) is 2. The minimum atomic E-state index is 0.313. The Bertz CT molecular complexity index is 636. The lowest BCUT2D eigenvalue weighted by atomic mass is 10.1. The van der Waals surface area contributed by atoms with Crippen LogP contribution in [0.2, 0.25) is 0 Å². The number of benzene rings is 2. The highest BCUT2D eigenvalue weighted by Gasteiger charge is 2.27. The van der Waals surface area contributed by atoms with Crippen LogP contribution in [0.4, 0.5) is 0 Å². The van der Waals surface area contributed by atoms with Crippen LogP contribution in [0.15, 0.2) is 73.1 Å². The van der Waals surface area contributed by atoms with Gasteiger partial charge in [-0.15, -0.1) is 0 Å². The normalized spacial score (nSPS) is 16.6. The predicted octanol–water partition coefficient (Wildman–Crippen LogP) is 5.94. The summed E-state index contributed by atoms with van der Waals surface area (Å²) in [6, 6.07) is 21.6. The van der Waals surface area contributed by atoms with Crippen LogP contribution in [0.5, 0.6) is 0 Å². The lowest BCUT2D eigenvalue weighted by Gasteiger charge is -2.33. The first-order chi connectivity index (χ1) is 12.4. The fourth-order valence-corrected chi connectivity index (χ4v) is 3.56. The Morgan fingerprint density at radius 2 is 1.36 bits per heavy atom. The van der Waals surface area contributed by atoms with E-state index in [1.807, 2.05) is 0 Å². The van der Waals surface area contributed by atoms with E-state index in [0.717, 1.165) is 13.1 Å². The maximum atomic E-state index is 2.50. The molecule has 2 heteroatoms. The fraction of sp³-hybridized carbons (Fsp3) is 0.391. The third-order valence-corrected chi connectivity index (χ3v) is 4.90. The number of unbranched alkanes of at least 4 members (excludes halogenated alkanes) is 4. The van der Waals surface area contributed by atoms with Crippen molar-refractivity contribution < 1.29 is 0 Å². The van der Waals surface area contributed by atoms with Gasteiger partial charge in [-0.1, -0.05) is 93.3 Å². The van der Waals surface area contributed by atoms with Crippen LogP contribution < -0.4 is 0 Å². The summed E-state index contributed by atoms with van der Waals surface area (Å²) >= 11 is 0. The summed E-state index contributed by atoms with van der Waals surface area (Å²) in [5, 5.41) is 0. The zero-order chi connectivity index (χ0) is 17.3. The van der Waals surface area contributed by atoms with Crippen molar-refractivity contribution >= 4 is 0 Å². The van der Waals surface area contributed by atoms with E-state index in [0.29, 0.717) is 6.17 Å². The van der Waals surface area contributed by atoms with E-state index >= 15 is 0 Å². The van der Waals surface area contributed by atoms with Crippen LogP contribution in [0.1, 0.15) is 56.3 Å². The van der Waals surface area contributed by atoms with Gasteiger partial charge < -0.3 is 9.80 Å². The van der Waals surface area contributed by atoms with Gasteiger partial charge in [-0.25, -0.2) is 0 Å². The van der Waals surface area contributed by atoms with Gasteiger partial charge in [0, 0.05) is 25.5 Å². The lowest BCUT2D eigenvalue weighted by Crippen LogP contribution is -2.31. The van der Waals surface area contributed by atoms with Crippen molar-refractivity contribution in [1.29, 1.82) is 0 Å². The standard InChI is InChI=1S/C23H30N2/c1-2-3-4-5-12-17-24-18-19-25(20-21-13-8-6-9-14-21)23(24)22-15-10-7-11-16-22/h6-11,13-16,18-19,23H,2-5,12,17,20H2,1H3. The molecule has 0 saturated heterocycles. The van der Waals surface area contributed by atoms with Gasteiger partial charge in [0.1, 0.15) is 6.17 Å². The molecular weight excluding hydrogens is 304 g/mol. The molecule has 0 N–H and O–H groups in total. The lowest BCUT2D eigenvalue weighted by molar-refractivity contribution is 0.146. The van der Waals surface area contributed by atoms with Crippen molar-refractivity contribution in [3.63, 3.8) is 0 Å². The molecule has 0 fully saturated rings. The smallest absolute Gasteiger partial charge is 0.127 e. The molecule has 2 aromatic rings. The molecule has 2 aromatic carbocycles. The molecule has 0 bridgehead atoms. The number of hydrogen-bond acceptors (Lipinski definition) is 2. The summed E-state index contributed by atoms with van der Waals surface area (Å²) in [6.07, 6.45) is 11.5. The molecule has 0 aromatic heterocycles. The molecule has 132 valence electrons. The van der Waals surface area contributed by atoms with Gasteiger partial charge in [0.15, 0.2) is 0 Å². The fourth-order valence-electron chi connectivity index (χ4n) is 3.56. The number of hydrogen-bond donors (Lipinski definition) is 0. The van der Waals surface area contributed by atoms with Gasteiger partial charge in [-0.3, -0.25) is 0 Å². The molecule has 2 nitrogen and oxygen atoms in total. The Kier molecular flexibility index (Phi) is 6.55. The van der Waals surface area contributed by atoms with E-state index in [2.05, 4.69) is 89.8 Å². The van der Waals surface area contributed by atoms with Gasteiger partial charge in [-0.05, 0) is 17.5 Å². The summed E-state index contributed by atoms with van der Waals surface area (Å²) in [7, 11) is 0. The Morgan fingerprint density at radius 3 is 2.08 bits per heavy atom. The van der Waals surface area contributed by atoms with E-state index in [9.17, 15) is 0 Å². The highest BCUT2D eigenvalue weighted by atomic mass is 15.4. The van der Waals surface area contributed by atoms with E-state index in [1.54, 1.807) is 0 Å². The first-order valence-electron chi connectivity index (χ1n) is 9.67.